The lowest BCUT2D eigenvalue weighted by Gasteiger charge is -2.08. The Balaban J connectivity index is 2.38. The molecule has 0 spiro atoms. The highest BCUT2D eigenvalue weighted by Gasteiger charge is 2.17. The zero-order valence-corrected chi connectivity index (χ0v) is 11.7. The number of aryl methyl sites for hydroxylation is 2. The fraction of sp³-hybridized carbons (Fsp3) is 0.200. The average Bonchev–Trinajstić information content (AvgIpc) is 2.35. The Morgan fingerprint density at radius 2 is 1.68 bits per heavy atom. The first kappa shape index (κ1) is 13.6. The van der Waals surface area contributed by atoms with E-state index in [4.69, 9.17) is 0 Å². The molecule has 2 aromatic carbocycles. The molecule has 0 amide bonds. The van der Waals surface area contributed by atoms with Gasteiger partial charge in [-0.05, 0) is 43.2 Å². The van der Waals surface area contributed by atoms with Crippen LogP contribution in [0, 0.1) is 13.8 Å². The van der Waals surface area contributed by atoms with Crippen LogP contribution < -0.4 is 0 Å². The summed E-state index contributed by atoms with van der Waals surface area (Å²) < 4.78 is 24.6. The van der Waals surface area contributed by atoms with Crippen LogP contribution in [0.1, 0.15) is 16.7 Å². The number of phenols is 1. The number of sulfone groups is 1. The Hall–Kier alpha value is -1.81. The molecule has 1 N–H and O–H groups in total. The molecule has 0 radical (unpaired) electrons. The molecule has 0 atom stereocenters. The molecule has 0 aliphatic rings. The molecule has 0 saturated heterocycles. The van der Waals surface area contributed by atoms with Crippen molar-refractivity contribution in [2.45, 2.75) is 24.5 Å². The summed E-state index contributed by atoms with van der Waals surface area (Å²) in [6, 6.07) is 11.6. The second kappa shape index (κ2) is 5.05. The molecule has 3 nitrogen and oxygen atoms in total. The number of phenolic OH excluding ortho intramolecular Hbond substituents is 1. The smallest absolute Gasteiger partial charge is 0.182 e. The molecule has 2 rings (SSSR count). The van der Waals surface area contributed by atoms with Crippen LogP contribution in [-0.4, -0.2) is 13.5 Å². The van der Waals surface area contributed by atoms with Gasteiger partial charge in [0.05, 0.1) is 10.6 Å². The Morgan fingerprint density at radius 3 is 2.32 bits per heavy atom. The van der Waals surface area contributed by atoms with E-state index >= 15 is 0 Å². The van der Waals surface area contributed by atoms with E-state index in [9.17, 15) is 13.5 Å². The standard InChI is InChI=1S/C15H16O3S/c1-11-7-8-14(9-12(11)2)19(17,18)10-13-5-3-4-6-15(13)16/h3-9,16H,10H2,1-2H3. The maximum atomic E-state index is 12.3. The topological polar surface area (TPSA) is 54.4 Å². The largest absolute Gasteiger partial charge is 0.508 e. The fourth-order valence-corrected chi connectivity index (χ4v) is 3.28. The molecular formula is C15H16O3S. The minimum atomic E-state index is -3.44. The van der Waals surface area contributed by atoms with Crippen molar-refractivity contribution in [3.8, 4) is 5.75 Å². The van der Waals surface area contributed by atoms with Crippen molar-refractivity contribution in [3.05, 3.63) is 59.2 Å². The van der Waals surface area contributed by atoms with Crippen LogP contribution in [0.4, 0.5) is 0 Å². The van der Waals surface area contributed by atoms with E-state index < -0.39 is 9.84 Å². The molecule has 0 bridgehead atoms. The average molecular weight is 276 g/mol. The van der Waals surface area contributed by atoms with Gasteiger partial charge in [0.1, 0.15) is 5.75 Å². The van der Waals surface area contributed by atoms with Gasteiger partial charge in [-0.2, -0.15) is 0 Å². The third kappa shape index (κ3) is 2.96. The summed E-state index contributed by atoms with van der Waals surface area (Å²) in [6.07, 6.45) is 0. The van der Waals surface area contributed by atoms with E-state index in [-0.39, 0.29) is 11.5 Å². The van der Waals surface area contributed by atoms with Crippen LogP contribution in [0.5, 0.6) is 5.75 Å². The van der Waals surface area contributed by atoms with E-state index in [2.05, 4.69) is 0 Å². The predicted molar refractivity (Wildman–Crippen MR) is 74.9 cm³/mol. The highest BCUT2D eigenvalue weighted by molar-refractivity contribution is 7.90. The van der Waals surface area contributed by atoms with Gasteiger partial charge in [-0.15, -0.1) is 0 Å². The molecule has 0 aromatic heterocycles. The second-order valence-electron chi connectivity index (χ2n) is 4.63. The fourth-order valence-electron chi connectivity index (χ4n) is 1.83. The first-order valence-corrected chi connectivity index (χ1v) is 7.62. The number of aromatic hydroxyl groups is 1. The number of rotatable bonds is 3. The minimum Gasteiger partial charge on any atom is -0.508 e. The molecule has 0 saturated carbocycles. The highest BCUT2D eigenvalue weighted by atomic mass is 32.2. The van der Waals surface area contributed by atoms with Crippen molar-refractivity contribution in [1.29, 1.82) is 0 Å². The second-order valence-corrected chi connectivity index (χ2v) is 6.62. The minimum absolute atomic E-state index is 0.00917. The molecular weight excluding hydrogens is 260 g/mol. The number of para-hydroxylation sites is 1. The van der Waals surface area contributed by atoms with Crippen molar-refractivity contribution in [1.82, 2.24) is 0 Å². The Bertz CT molecular complexity index is 703. The van der Waals surface area contributed by atoms with Gasteiger partial charge in [0, 0.05) is 5.56 Å². The predicted octanol–water partition coefficient (Wildman–Crippen LogP) is 2.98. The first-order chi connectivity index (χ1) is 8.90. The molecule has 4 heteroatoms. The molecule has 0 fully saturated rings. The Kier molecular flexibility index (Phi) is 3.62. The maximum absolute atomic E-state index is 12.3. The Morgan fingerprint density at radius 1 is 1.00 bits per heavy atom. The van der Waals surface area contributed by atoms with Crippen LogP contribution in [0.25, 0.3) is 0 Å². The van der Waals surface area contributed by atoms with Crippen LogP contribution in [0.3, 0.4) is 0 Å². The van der Waals surface area contributed by atoms with Gasteiger partial charge in [0.25, 0.3) is 0 Å². The molecule has 100 valence electrons. The molecule has 0 aliphatic heterocycles. The van der Waals surface area contributed by atoms with Crippen LogP contribution in [-0.2, 0) is 15.6 Å². The zero-order valence-electron chi connectivity index (χ0n) is 10.9. The van der Waals surface area contributed by atoms with Gasteiger partial charge in [0.2, 0.25) is 0 Å². The number of hydrogen-bond acceptors (Lipinski definition) is 3. The summed E-state index contributed by atoms with van der Waals surface area (Å²) in [5.74, 6) is -0.183. The summed E-state index contributed by atoms with van der Waals surface area (Å²) >= 11 is 0. The van der Waals surface area contributed by atoms with Gasteiger partial charge in [0.15, 0.2) is 9.84 Å². The lowest BCUT2D eigenvalue weighted by Crippen LogP contribution is -2.05. The van der Waals surface area contributed by atoms with Crippen LogP contribution in [0.15, 0.2) is 47.4 Å². The van der Waals surface area contributed by atoms with E-state index in [1.54, 1.807) is 36.4 Å². The van der Waals surface area contributed by atoms with Crippen LogP contribution in [0.2, 0.25) is 0 Å². The monoisotopic (exact) mass is 276 g/mol. The van der Waals surface area contributed by atoms with E-state index in [0.717, 1.165) is 11.1 Å². The molecule has 0 unspecified atom stereocenters. The van der Waals surface area contributed by atoms with Gasteiger partial charge < -0.3 is 5.11 Å². The van der Waals surface area contributed by atoms with Crippen molar-refractivity contribution in [2.75, 3.05) is 0 Å². The van der Waals surface area contributed by atoms with Gasteiger partial charge >= 0.3 is 0 Å². The molecule has 0 aliphatic carbocycles. The summed E-state index contributed by atoms with van der Waals surface area (Å²) in [4.78, 5) is 0.291. The maximum Gasteiger partial charge on any atom is 0.182 e. The van der Waals surface area contributed by atoms with Gasteiger partial charge in [-0.3, -0.25) is 0 Å². The third-order valence-corrected chi connectivity index (χ3v) is 4.84. The van der Waals surface area contributed by atoms with E-state index in [1.165, 1.54) is 6.07 Å². The SMILES string of the molecule is Cc1ccc(S(=O)(=O)Cc2ccccc2O)cc1C. The lowest BCUT2D eigenvalue weighted by molar-refractivity contribution is 0.469. The highest BCUT2D eigenvalue weighted by Crippen LogP contribution is 2.23. The third-order valence-electron chi connectivity index (χ3n) is 3.17. The molecule has 2 aromatic rings. The summed E-state index contributed by atoms with van der Waals surface area (Å²) in [5, 5.41) is 9.66. The summed E-state index contributed by atoms with van der Waals surface area (Å²) in [5.41, 5.74) is 2.42. The molecule has 19 heavy (non-hydrogen) atoms. The Labute approximate surface area is 113 Å². The number of benzene rings is 2. The van der Waals surface area contributed by atoms with Gasteiger partial charge in [-0.1, -0.05) is 24.3 Å². The van der Waals surface area contributed by atoms with Crippen molar-refractivity contribution in [3.63, 3.8) is 0 Å². The van der Waals surface area contributed by atoms with Crippen molar-refractivity contribution in [2.24, 2.45) is 0 Å². The van der Waals surface area contributed by atoms with Crippen LogP contribution >= 0.6 is 0 Å². The van der Waals surface area contributed by atoms with Crippen molar-refractivity contribution >= 4 is 9.84 Å². The lowest BCUT2D eigenvalue weighted by atomic mass is 10.1. The van der Waals surface area contributed by atoms with E-state index in [0.29, 0.717) is 10.5 Å². The van der Waals surface area contributed by atoms with Gasteiger partial charge in [-0.25, -0.2) is 8.42 Å². The first-order valence-electron chi connectivity index (χ1n) is 5.97. The zero-order chi connectivity index (χ0) is 14.0. The normalized spacial score (nSPS) is 11.5. The van der Waals surface area contributed by atoms with Crippen molar-refractivity contribution < 1.29 is 13.5 Å². The molecule has 0 heterocycles. The van der Waals surface area contributed by atoms with E-state index in [1.807, 2.05) is 13.8 Å². The number of hydrogen-bond donors (Lipinski definition) is 1. The summed E-state index contributed by atoms with van der Waals surface area (Å²) in [6.45, 7) is 3.82. The summed E-state index contributed by atoms with van der Waals surface area (Å²) in [7, 11) is -3.44. The quantitative estimate of drug-likeness (QED) is 0.937.